The third kappa shape index (κ3) is 10.2. The fourth-order valence-electron chi connectivity index (χ4n) is 7.16. The summed E-state index contributed by atoms with van der Waals surface area (Å²) in [5.74, 6) is 3.87. The predicted octanol–water partition coefficient (Wildman–Crippen LogP) is 8.38. The van der Waals surface area contributed by atoms with Crippen molar-refractivity contribution in [3.63, 3.8) is 0 Å². The maximum atomic E-state index is 5.79. The Bertz CT molecular complexity index is 2640. The molecule has 65 heavy (non-hydrogen) atoms. The van der Waals surface area contributed by atoms with Gasteiger partial charge in [0.05, 0.1) is 35.0 Å². The van der Waals surface area contributed by atoms with Gasteiger partial charge in [0.25, 0.3) is 0 Å². The first-order chi connectivity index (χ1) is 31.0. The molecule has 0 fully saturated rings. The molecule has 18 nitrogen and oxygen atoms in total. The molecule has 0 aliphatic heterocycles. The van der Waals surface area contributed by atoms with Crippen LogP contribution in [0.4, 0.5) is 28.8 Å². The fraction of sp³-hybridized carbons (Fsp3) is 0.319. The van der Waals surface area contributed by atoms with Crippen LogP contribution >= 0.6 is 0 Å². The van der Waals surface area contributed by atoms with Gasteiger partial charge in [0.1, 0.15) is 17.7 Å². The fourth-order valence-corrected chi connectivity index (χ4v) is 7.16. The predicted molar refractivity (Wildman–Crippen MR) is 262 cm³/mol. The smallest absolute Gasteiger partial charge is 0.180 e. The van der Waals surface area contributed by atoms with Crippen molar-refractivity contribution in [1.29, 1.82) is 0 Å². The van der Waals surface area contributed by atoms with E-state index in [1.165, 1.54) is 17.7 Å². The van der Waals surface area contributed by atoms with Crippen LogP contribution in [0.1, 0.15) is 127 Å². The molecule has 0 aromatic carbocycles. The van der Waals surface area contributed by atoms with Crippen LogP contribution in [-0.4, -0.2) is 62.3 Å². The molecule has 10 aromatic heterocycles. The van der Waals surface area contributed by atoms with Gasteiger partial charge in [-0.2, -0.15) is 10.2 Å². The molecule has 10 rings (SSSR count). The van der Waals surface area contributed by atoms with Crippen LogP contribution in [0.3, 0.4) is 0 Å². The van der Waals surface area contributed by atoms with Gasteiger partial charge in [-0.15, -0.1) is 0 Å². The SMILES string of the molecule is CC(C)c1ccc2c(N)nccn12.CC(C)c1ccc2c(N)ncnn12.CC(C)c1cnc2c(N)cccn12.CC(C)c1cnc2c(N)ccnn12.CC(C)c1cnc2c(N)nccn12. The lowest BCUT2D eigenvalue weighted by atomic mass is 10.1. The normalized spacial score (nSPS) is 11.3. The summed E-state index contributed by atoms with van der Waals surface area (Å²) < 4.78 is 9.74. The van der Waals surface area contributed by atoms with E-state index in [-0.39, 0.29) is 0 Å². The highest BCUT2D eigenvalue weighted by Crippen LogP contribution is 2.23. The van der Waals surface area contributed by atoms with Gasteiger partial charge in [0.15, 0.2) is 28.6 Å². The Labute approximate surface area is 378 Å². The Morgan fingerprint density at radius 3 is 1.54 bits per heavy atom. The molecule has 18 heteroatoms. The average Bonchev–Trinajstić information content (AvgIpc) is 4.11. The van der Waals surface area contributed by atoms with E-state index in [4.69, 9.17) is 28.7 Å². The maximum absolute atomic E-state index is 5.79. The first-order valence-corrected chi connectivity index (χ1v) is 21.7. The quantitative estimate of drug-likeness (QED) is 0.109. The summed E-state index contributed by atoms with van der Waals surface area (Å²) in [6.45, 7) is 21.3. The Hall–Kier alpha value is -7.76. The van der Waals surface area contributed by atoms with Gasteiger partial charge < -0.3 is 37.5 Å². The van der Waals surface area contributed by atoms with E-state index in [0.29, 0.717) is 52.7 Å². The van der Waals surface area contributed by atoms with Gasteiger partial charge in [-0.1, -0.05) is 69.2 Å². The summed E-state index contributed by atoms with van der Waals surface area (Å²) >= 11 is 0. The van der Waals surface area contributed by atoms with Crippen LogP contribution in [0.15, 0.2) is 105 Å². The largest absolute Gasteiger partial charge is 0.396 e. The van der Waals surface area contributed by atoms with Gasteiger partial charge in [0.2, 0.25) is 0 Å². The summed E-state index contributed by atoms with van der Waals surface area (Å²) in [7, 11) is 0. The molecule has 0 saturated carbocycles. The standard InChI is InChI=1S/2C10H13N3.3C9H12N4/c1-7(2)8-3-4-9-10(11)12-5-6-13(8)9;1-7(2)9-6-12-10-8(11)4-3-5-13(9)10;1-6(2)7-5-12-9-8(10)11-3-4-13(7)9;1-6(2)8-5-11-9-7(10)3-4-12-13(8)9;1-6(2)7-3-4-8-9(10)11-5-12-13(7)8/h3-7H,1-2H3,(H2,11,12);3-7H,11H2,1-2H3;3-6H,1-2H3,(H2,10,11);3-6H,10H2,1-2H3;3-6H,1-2H3,(H2,10,11,12). The summed E-state index contributed by atoms with van der Waals surface area (Å²) in [5, 5.41) is 8.35. The number of nitrogen functional groups attached to an aromatic ring is 5. The molecule has 10 aromatic rings. The molecule has 0 bridgehead atoms. The minimum Gasteiger partial charge on any atom is -0.396 e. The van der Waals surface area contributed by atoms with Crippen molar-refractivity contribution in [2.45, 2.75) is 98.8 Å². The monoisotopic (exact) mass is 879 g/mol. The van der Waals surface area contributed by atoms with Crippen molar-refractivity contribution in [1.82, 2.24) is 62.3 Å². The van der Waals surface area contributed by atoms with Crippen LogP contribution in [0.2, 0.25) is 0 Å². The number of hydrogen-bond donors (Lipinski definition) is 5. The van der Waals surface area contributed by atoms with Gasteiger partial charge in [0, 0.05) is 66.2 Å². The zero-order valence-corrected chi connectivity index (χ0v) is 38.9. The van der Waals surface area contributed by atoms with Crippen molar-refractivity contribution in [2.75, 3.05) is 28.7 Å². The Kier molecular flexibility index (Phi) is 14.5. The minimum absolute atomic E-state index is 0.407. The molecule has 0 aliphatic carbocycles. The molecule has 340 valence electrons. The Morgan fingerprint density at radius 2 is 0.892 bits per heavy atom. The average molecular weight is 879 g/mol. The number of nitrogens with zero attached hydrogens (tertiary/aromatic N) is 13. The summed E-state index contributed by atoms with van der Waals surface area (Å²) in [6, 6.07) is 13.7. The van der Waals surface area contributed by atoms with Crippen molar-refractivity contribution < 1.29 is 0 Å². The molecule has 10 N–H and O–H groups in total. The zero-order chi connectivity index (χ0) is 47.1. The van der Waals surface area contributed by atoms with Gasteiger partial charge >= 0.3 is 0 Å². The molecule has 0 saturated heterocycles. The van der Waals surface area contributed by atoms with Crippen molar-refractivity contribution >= 4 is 56.8 Å². The van der Waals surface area contributed by atoms with Gasteiger partial charge in [-0.3, -0.25) is 4.40 Å². The molecule has 0 unspecified atom stereocenters. The van der Waals surface area contributed by atoms with Crippen LogP contribution in [-0.2, 0) is 0 Å². The number of rotatable bonds is 5. The van der Waals surface area contributed by atoms with E-state index in [1.54, 1.807) is 29.2 Å². The third-order valence-electron chi connectivity index (χ3n) is 10.6. The summed E-state index contributed by atoms with van der Waals surface area (Å²) in [4.78, 5) is 24.6. The molecule has 0 amide bonds. The molecule has 0 radical (unpaired) electrons. The number of imidazole rings is 3. The number of aromatic nitrogens is 13. The maximum Gasteiger partial charge on any atom is 0.180 e. The highest BCUT2D eigenvalue weighted by Gasteiger charge is 2.12. The van der Waals surface area contributed by atoms with E-state index >= 15 is 0 Å². The Morgan fingerprint density at radius 1 is 0.385 bits per heavy atom. The van der Waals surface area contributed by atoms with E-state index in [2.05, 4.69) is 120 Å². The van der Waals surface area contributed by atoms with Crippen LogP contribution in [0.25, 0.3) is 28.0 Å². The molecule has 0 spiro atoms. The van der Waals surface area contributed by atoms with Crippen molar-refractivity contribution in [3.8, 4) is 0 Å². The number of pyridine rings is 1. The highest BCUT2D eigenvalue weighted by atomic mass is 15.3. The molecule has 0 atom stereocenters. The second kappa shape index (κ2) is 20.2. The number of hydrogen-bond acceptors (Lipinski definition) is 13. The minimum atomic E-state index is 0.407. The second-order valence-corrected chi connectivity index (χ2v) is 17.0. The van der Waals surface area contributed by atoms with E-state index in [9.17, 15) is 0 Å². The number of fused-ring (bicyclic) bond motifs is 5. The third-order valence-corrected chi connectivity index (χ3v) is 10.6. The van der Waals surface area contributed by atoms with Crippen LogP contribution in [0.5, 0.6) is 0 Å². The van der Waals surface area contributed by atoms with E-state index in [1.807, 2.05) is 80.8 Å². The second-order valence-electron chi connectivity index (χ2n) is 17.0. The van der Waals surface area contributed by atoms with Gasteiger partial charge in [-0.05, 0) is 72.1 Å². The lowest BCUT2D eigenvalue weighted by Gasteiger charge is -2.05. The first kappa shape index (κ1) is 46.7. The van der Waals surface area contributed by atoms with Crippen LogP contribution < -0.4 is 28.7 Å². The topological polar surface area (TPSA) is 255 Å². The molecular weight excluding hydrogens is 817 g/mol. The lowest BCUT2D eigenvalue weighted by Crippen LogP contribution is -2.02. The van der Waals surface area contributed by atoms with E-state index in [0.717, 1.165) is 50.7 Å². The molecule has 10 heterocycles. The van der Waals surface area contributed by atoms with Crippen LogP contribution in [0, 0.1) is 0 Å². The van der Waals surface area contributed by atoms with Gasteiger partial charge in [-0.25, -0.2) is 38.9 Å². The molecule has 0 aliphatic rings. The highest BCUT2D eigenvalue weighted by molar-refractivity contribution is 5.67. The summed E-state index contributed by atoms with van der Waals surface area (Å²) in [6.07, 6.45) is 18.0. The first-order valence-electron chi connectivity index (χ1n) is 21.7. The van der Waals surface area contributed by atoms with Crippen molar-refractivity contribution in [3.05, 3.63) is 133 Å². The van der Waals surface area contributed by atoms with E-state index < -0.39 is 0 Å². The summed E-state index contributed by atoms with van der Waals surface area (Å²) in [5.41, 5.74) is 40.1. The Balaban J connectivity index is 0.000000135. The molecular formula is C47H62N18. The number of anilines is 5. The zero-order valence-electron chi connectivity index (χ0n) is 38.9. The lowest BCUT2D eigenvalue weighted by molar-refractivity contribution is 0.752. The number of nitrogens with two attached hydrogens (primary N) is 5. The van der Waals surface area contributed by atoms with Crippen molar-refractivity contribution in [2.24, 2.45) is 0 Å².